The molecule has 20 heavy (non-hydrogen) atoms. The lowest BCUT2D eigenvalue weighted by Gasteiger charge is -2.17. The van der Waals surface area contributed by atoms with Crippen molar-refractivity contribution in [2.24, 2.45) is 0 Å². The SMILES string of the molecule is CCOC(=O)[C@@H](Nc1ccc(OC)cc1)c1ccsc1. The van der Waals surface area contributed by atoms with Crippen LogP contribution in [0, 0.1) is 0 Å². The highest BCUT2D eigenvalue weighted by atomic mass is 32.1. The molecular weight excluding hydrogens is 274 g/mol. The van der Waals surface area contributed by atoms with E-state index in [1.165, 1.54) is 0 Å². The van der Waals surface area contributed by atoms with Crippen LogP contribution in [0.2, 0.25) is 0 Å². The summed E-state index contributed by atoms with van der Waals surface area (Å²) in [7, 11) is 1.62. The number of thiophene rings is 1. The highest BCUT2D eigenvalue weighted by molar-refractivity contribution is 7.08. The fraction of sp³-hybridized carbons (Fsp3) is 0.267. The smallest absolute Gasteiger partial charge is 0.333 e. The molecule has 5 heteroatoms. The van der Waals surface area contributed by atoms with E-state index >= 15 is 0 Å². The van der Waals surface area contributed by atoms with Crippen molar-refractivity contribution in [2.75, 3.05) is 19.0 Å². The number of carbonyl (C=O) groups is 1. The molecule has 2 rings (SSSR count). The Kier molecular flexibility index (Phi) is 5.01. The predicted molar refractivity (Wildman–Crippen MR) is 80.3 cm³/mol. The molecule has 0 aliphatic rings. The van der Waals surface area contributed by atoms with Crippen molar-refractivity contribution in [1.29, 1.82) is 0 Å². The van der Waals surface area contributed by atoms with Gasteiger partial charge < -0.3 is 14.8 Å². The van der Waals surface area contributed by atoms with Crippen LogP contribution in [0.15, 0.2) is 41.1 Å². The largest absolute Gasteiger partial charge is 0.497 e. The van der Waals surface area contributed by atoms with Crippen molar-refractivity contribution < 1.29 is 14.3 Å². The molecule has 0 spiro atoms. The Hall–Kier alpha value is -2.01. The second kappa shape index (κ2) is 6.96. The Labute approximate surface area is 122 Å². The summed E-state index contributed by atoms with van der Waals surface area (Å²) < 4.78 is 10.2. The zero-order valence-electron chi connectivity index (χ0n) is 11.5. The topological polar surface area (TPSA) is 47.6 Å². The van der Waals surface area contributed by atoms with E-state index in [1.54, 1.807) is 25.4 Å². The minimum atomic E-state index is -0.491. The van der Waals surface area contributed by atoms with E-state index in [9.17, 15) is 4.79 Å². The van der Waals surface area contributed by atoms with E-state index in [4.69, 9.17) is 9.47 Å². The monoisotopic (exact) mass is 291 g/mol. The van der Waals surface area contributed by atoms with Crippen LogP contribution in [0.25, 0.3) is 0 Å². The number of ether oxygens (including phenoxy) is 2. The van der Waals surface area contributed by atoms with Gasteiger partial charge in [-0.05, 0) is 53.6 Å². The Morgan fingerprint density at radius 1 is 1.30 bits per heavy atom. The van der Waals surface area contributed by atoms with Crippen LogP contribution in [0.4, 0.5) is 5.69 Å². The van der Waals surface area contributed by atoms with Crippen molar-refractivity contribution in [3.8, 4) is 5.75 Å². The second-order valence-electron chi connectivity index (χ2n) is 4.11. The number of esters is 1. The molecule has 0 aliphatic heterocycles. The number of benzene rings is 1. The maximum atomic E-state index is 12.1. The van der Waals surface area contributed by atoms with Gasteiger partial charge in [0.2, 0.25) is 0 Å². The average Bonchev–Trinajstić information content (AvgIpc) is 2.99. The molecule has 1 aromatic heterocycles. The molecule has 1 heterocycles. The third-order valence-electron chi connectivity index (χ3n) is 2.80. The number of anilines is 1. The molecule has 0 aliphatic carbocycles. The first-order chi connectivity index (χ1) is 9.74. The normalized spacial score (nSPS) is 11.7. The maximum Gasteiger partial charge on any atom is 0.333 e. The van der Waals surface area contributed by atoms with Gasteiger partial charge in [0, 0.05) is 5.69 Å². The molecule has 0 saturated carbocycles. The molecule has 0 radical (unpaired) electrons. The fourth-order valence-electron chi connectivity index (χ4n) is 1.80. The van der Waals surface area contributed by atoms with Crippen molar-refractivity contribution in [3.63, 3.8) is 0 Å². The van der Waals surface area contributed by atoms with Gasteiger partial charge in [0.15, 0.2) is 6.04 Å². The van der Waals surface area contributed by atoms with E-state index in [0.29, 0.717) is 6.61 Å². The number of carbonyl (C=O) groups excluding carboxylic acids is 1. The zero-order valence-corrected chi connectivity index (χ0v) is 12.3. The van der Waals surface area contributed by atoms with Crippen molar-refractivity contribution in [1.82, 2.24) is 0 Å². The molecule has 1 atom stereocenters. The number of hydrogen-bond donors (Lipinski definition) is 1. The predicted octanol–water partition coefficient (Wildman–Crippen LogP) is 3.47. The summed E-state index contributed by atoms with van der Waals surface area (Å²) in [5.74, 6) is 0.500. The van der Waals surface area contributed by atoms with Gasteiger partial charge in [0.1, 0.15) is 5.75 Å². The van der Waals surface area contributed by atoms with Gasteiger partial charge in [-0.25, -0.2) is 4.79 Å². The van der Waals surface area contributed by atoms with E-state index in [1.807, 2.05) is 41.1 Å². The first-order valence-electron chi connectivity index (χ1n) is 6.34. The van der Waals surface area contributed by atoms with Crippen LogP contribution < -0.4 is 10.1 Å². The van der Waals surface area contributed by atoms with E-state index in [2.05, 4.69) is 5.32 Å². The third kappa shape index (κ3) is 3.51. The molecule has 2 aromatic rings. The molecule has 4 nitrogen and oxygen atoms in total. The van der Waals surface area contributed by atoms with Crippen LogP contribution in [-0.2, 0) is 9.53 Å². The summed E-state index contributed by atoms with van der Waals surface area (Å²) in [6.07, 6.45) is 0. The fourth-order valence-corrected chi connectivity index (χ4v) is 2.48. The van der Waals surface area contributed by atoms with Crippen molar-refractivity contribution in [3.05, 3.63) is 46.7 Å². The summed E-state index contributed by atoms with van der Waals surface area (Å²) in [6.45, 7) is 2.17. The van der Waals surface area contributed by atoms with E-state index < -0.39 is 6.04 Å². The van der Waals surface area contributed by atoms with Gasteiger partial charge >= 0.3 is 5.97 Å². The van der Waals surface area contributed by atoms with Gasteiger partial charge in [-0.2, -0.15) is 11.3 Å². The molecular formula is C15H17NO3S. The molecule has 0 fully saturated rings. The van der Waals surface area contributed by atoms with Gasteiger partial charge in [0.05, 0.1) is 13.7 Å². The summed E-state index contributed by atoms with van der Waals surface area (Å²) in [5.41, 5.74) is 1.75. The minimum absolute atomic E-state index is 0.276. The molecule has 0 unspecified atom stereocenters. The Morgan fingerprint density at radius 3 is 2.60 bits per heavy atom. The van der Waals surface area contributed by atoms with Crippen molar-refractivity contribution >= 4 is 23.0 Å². The summed E-state index contributed by atoms with van der Waals surface area (Å²) in [4.78, 5) is 12.1. The van der Waals surface area contributed by atoms with Crippen molar-refractivity contribution in [2.45, 2.75) is 13.0 Å². The van der Waals surface area contributed by atoms with Gasteiger partial charge in [-0.3, -0.25) is 0 Å². The molecule has 0 saturated heterocycles. The first-order valence-corrected chi connectivity index (χ1v) is 7.28. The number of nitrogens with one attached hydrogen (secondary N) is 1. The van der Waals surface area contributed by atoms with Gasteiger partial charge in [-0.1, -0.05) is 0 Å². The first kappa shape index (κ1) is 14.4. The summed E-state index contributed by atoms with van der Waals surface area (Å²) >= 11 is 1.55. The maximum absolute atomic E-state index is 12.1. The molecule has 0 amide bonds. The van der Waals surface area contributed by atoms with Gasteiger partial charge in [-0.15, -0.1) is 0 Å². The Morgan fingerprint density at radius 2 is 2.05 bits per heavy atom. The standard InChI is InChI=1S/C15H17NO3S/c1-3-19-15(17)14(11-8-9-20-10-11)16-12-4-6-13(18-2)7-5-12/h4-10,14,16H,3H2,1-2H3/t14-/m0/s1. The third-order valence-corrected chi connectivity index (χ3v) is 3.50. The average molecular weight is 291 g/mol. The number of rotatable bonds is 6. The second-order valence-corrected chi connectivity index (χ2v) is 4.89. The van der Waals surface area contributed by atoms with Crippen LogP contribution in [0.1, 0.15) is 18.5 Å². The quantitative estimate of drug-likeness (QED) is 0.828. The summed E-state index contributed by atoms with van der Waals surface area (Å²) in [5, 5.41) is 7.08. The van der Waals surface area contributed by atoms with E-state index in [-0.39, 0.29) is 5.97 Å². The highest BCUT2D eigenvalue weighted by Gasteiger charge is 2.22. The van der Waals surface area contributed by atoms with E-state index in [0.717, 1.165) is 17.0 Å². The summed E-state index contributed by atoms with van der Waals surface area (Å²) in [6, 6.07) is 8.86. The molecule has 1 aromatic carbocycles. The number of hydrogen-bond acceptors (Lipinski definition) is 5. The Balaban J connectivity index is 2.16. The zero-order chi connectivity index (χ0) is 14.4. The van der Waals surface area contributed by atoms with Crippen LogP contribution in [0.5, 0.6) is 5.75 Å². The minimum Gasteiger partial charge on any atom is -0.497 e. The lowest BCUT2D eigenvalue weighted by Crippen LogP contribution is -2.22. The highest BCUT2D eigenvalue weighted by Crippen LogP contribution is 2.24. The lowest BCUT2D eigenvalue weighted by atomic mass is 10.1. The molecule has 1 N–H and O–H groups in total. The number of methoxy groups -OCH3 is 1. The van der Waals surface area contributed by atoms with Crippen LogP contribution in [-0.4, -0.2) is 19.7 Å². The molecule has 0 bridgehead atoms. The van der Waals surface area contributed by atoms with Crippen LogP contribution >= 0.6 is 11.3 Å². The molecule has 106 valence electrons. The van der Waals surface area contributed by atoms with Crippen LogP contribution in [0.3, 0.4) is 0 Å². The Bertz CT molecular complexity index is 537. The lowest BCUT2D eigenvalue weighted by molar-refractivity contribution is -0.144. The van der Waals surface area contributed by atoms with Gasteiger partial charge in [0.25, 0.3) is 0 Å².